The van der Waals surface area contributed by atoms with Gasteiger partial charge in [-0.15, -0.1) is 10.2 Å². The molecule has 3 rings (SSSR count). The highest BCUT2D eigenvalue weighted by Crippen LogP contribution is 2.34. The number of tetrazole rings is 1. The van der Waals surface area contributed by atoms with Crippen molar-refractivity contribution in [2.24, 2.45) is 0 Å². The first-order valence-electron chi connectivity index (χ1n) is 8.34. The number of hydrogen-bond donors (Lipinski definition) is 1. The molecule has 0 saturated heterocycles. The molecule has 1 N–H and O–H groups in total. The first-order chi connectivity index (χ1) is 13.4. The number of alkyl halides is 3. The van der Waals surface area contributed by atoms with Crippen LogP contribution in [0.3, 0.4) is 0 Å². The van der Waals surface area contributed by atoms with E-state index in [0.717, 1.165) is 10.9 Å². The fourth-order valence-electron chi connectivity index (χ4n) is 2.45. The van der Waals surface area contributed by atoms with Crippen LogP contribution in [0.2, 0.25) is 0 Å². The smallest absolute Gasteiger partial charge is 0.418 e. The van der Waals surface area contributed by atoms with Gasteiger partial charge in [-0.1, -0.05) is 12.1 Å². The van der Waals surface area contributed by atoms with E-state index >= 15 is 0 Å². The number of anilines is 1. The number of aromatic nitrogens is 4. The van der Waals surface area contributed by atoms with E-state index in [1.807, 2.05) is 6.92 Å². The molecule has 1 amide bonds. The van der Waals surface area contributed by atoms with Crippen LogP contribution in [0.15, 0.2) is 48.5 Å². The molecular weight excluding hydrogens is 375 g/mol. The molecule has 0 bridgehead atoms. The van der Waals surface area contributed by atoms with Gasteiger partial charge < -0.3 is 10.1 Å². The number of carbonyl (C=O) groups is 1. The van der Waals surface area contributed by atoms with Crippen LogP contribution < -0.4 is 10.1 Å². The maximum absolute atomic E-state index is 13.0. The number of nitrogens with one attached hydrogen (secondary N) is 1. The van der Waals surface area contributed by atoms with E-state index in [2.05, 4.69) is 20.7 Å². The van der Waals surface area contributed by atoms with Gasteiger partial charge in [0.1, 0.15) is 12.3 Å². The monoisotopic (exact) mass is 391 g/mol. The lowest BCUT2D eigenvalue weighted by Gasteiger charge is -2.13. The second kappa shape index (κ2) is 8.07. The van der Waals surface area contributed by atoms with Crippen LogP contribution in [0, 0.1) is 0 Å². The Labute approximate surface area is 158 Å². The van der Waals surface area contributed by atoms with Crippen LogP contribution in [0.4, 0.5) is 18.9 Å². The summed E-state index contributed by atoms with van der Waals surface area (Å²) in [5.41, 5.74) is -0.589. The Morgan fingerprint density at radius 2 is 1.86 bits per heavy atom. The van der Waals surface area contributed by atoms with Crippen molar-refractivity contribution in [3.63, 3.8) is 0 Å². The summed E-state index contributed by atoms with van der Waals surface area (Å²) in [5, 5.41) is 13.9. The van der Waals surface area contributed by atoms with E-state index in [1.165, 1.54) is 18.2 Å². The summed E-state index contributed by atoms with van der Waals surface area (Å²) in [4.78, 5) is 13.1. The fraction of sp³-hybridized carbons (Fsp3) is 0.222. The molecule has 0 aliphatic rings. The quantitative estimate of drug-likeness (QED) is 0.697. The average molecular weight is 391 g/mol. The summed E-state index contributed by atoms with van der Waals surface area (Å²) < 4.78 is 44.3. The molecule has 1 heterocycles. The molecule has 0 spiro atoms. The predicted molar refractivity (Wildman–Crippen MR) is 94.5 cm³/mol. The number of carbonyl (C=O) groups excluding carboxylic acids is 1. The van der Waals surface area contributed by atoms with Crippen LogP contribution in [-0.4, -0.2) is 32.7 Å². The Kier molecular flexibility index (Phi) is 5.57. The van der Waals surface area contributed by atoms with Crippen LogP contribution in [0.1, 0.15) is 12.5 Å². The van der Waals surface area contributed by atoms with Gasteiger partial charge in [-0.3, -0.25) is 4.79 Å². The number of halogens is 3. The topological polar surface area (TPSA) is 81.9 Å². The lowest BCUT2D eigenvalue weighted by atomic mass is 10.1. The molecule has 28 heavy (non-hydrogen) atoms. The number of hydrogen-bond acceptors (Lipinski definition) is 5. The summed E-state index contributed by atoms with van der Waals surface area (Å²) in [6, 6.07) is 11.7. The normalized spacial score (nSPS) is 11.3. The molecule has 146 valence electrons. The van der Waals surface area contributed by atoms with Gasteiger partial charge in [0.25, 0.3) is 0 Å². The number of nitrogens with zero attached hydrogens (tertiary/aromatic N) is 4. The highest BCUT2D eigenvalue weighted by Gasteiger charge is 2.33. The third-order valence-electron chi connectivity index (χ3n) is 3.67. The minimum absolute atomic E-state index is 0.284. The van der Waals surface area contributed by atoms with E-state index in [1.54, 1.807) is 24.3 Å². The summed E-state index contributed by atoms with van der Waals surface area (Å²) in [5.74, 6) is 0.278. The van der Waals surface area contributed by atoms with Gasteiger partial charge in [0.05, 0.1) is 17.9 Å². The number of amides is 1. The fourth-order valence-corrected chi connectivity index (χ4v) is 2.45. The highest BCUT2D eigenvalue weighted by molar-refractivity contribution is 5.91. The van der Waals surface area contributed by atoms with Gasteiger partial charge in [-0.2, -0.15) is 18.0 Å². The maximum Gasteiger partial charge on any atom is 0.418 e. The molecule has 2 aromatic carbocycles. The Hall–Kier alpha value is -3.43. The molecule has 7 nitrogen and oxygen atoms in total. The third kappa shape index (κ3) is 4.64. The third-order valence-corrected chi connectivity index (χ3v) is 3.67. The average Bonchev–Trinajstić information content (AvgIpc) is 3.10. The first-order valence-corrected chi connectivity index (χ1v) is 8.34. The first kappa shape index (κ1) is 19.3. The Balaban J connectivity index is 1.68. The van der Waals surface area contributed by atoms with Crippen molar-refractivity contribution in [1.82, 2.24) is 20.2 Å². The summed E-state index contributed by atoms with van der Waals surface area (Å²) in [6.45, 7) is 2.04. The van der Waals surface area contributed by atoms with Gasteiger partial charge >= 0.3 is 6.18 Å². The standard InChI is InChI=1S/C18H16F3N5O2/c1-2-28-13-9-7-12(8-10-13)17-23-25-26(24-17)11-16(27)22-15-6-4-3-5-14(15)18(19,20)21/h3-10H,2,11H2,1H3,(H,22,27). The summed E-state index contributed by atoms with van der Waals surface area (Å²) >= 11 is 0. The number of ether oxygens (including phenoxy) is 1. The molecule has 1 aromatic heterocycles. The van der Waals surface area contributed by atoms with E-state index < -0.39 is 17.6 Å². The van der Waals surface area contributed by atoms with Gasteiger partial charge in [-0.25, -0.2) is 0 Å². The molecular formula is C18H16F3N5O2. The van der Waals surface area contributed by atoms with Gasteiger partial charge in [0, 0.05) is 5.56 Å². The van der Waals surface area contributed by atoms with E-state index in [9.17, 15) is 18.0 Å². The van der Waals surface area contributed by atoms with Crippen molar-refractivity contribution in [3.05, 3.63) is 54.1 Å². The zero-order valence-corrected chi connectivity index (χ0v) is 14.8. The molecule has 0 aliphatic carbocycles. The van der Waals surface area contributed by atoms with Crippen molar-refractivity contribution in [2.45, 2.75) is 19.6 Å². The summed E-state index contributed by atoms with van der Waals surface area (Å²) in [7, 11) is 0. The molecule has 0 atom stereocenters. The van der Waals surface area contributed by atoms with Crippen molar-refractivity contribution in [1.29, 1.82) is 0 Å². The molecule has 10 heteroatoms. The predicted octanol–water partition coefficient (Wildman–Crippen LogP) is 3.40. The Morgan fingerprint density at radius 1 is 1.14 bits per heavy atom. The minimum Gasteiger partial charge on any atom is -0.494 e. The molecule has 3 aromatic rings. The maximum atomic E-state index is 13.0. The van der Waals surface area contributed by atoms with Crippen LogP contribution in [0.5, 0.6) is 5.75 Å². The van der Waals surface area contributed by atoms with E-state index in [4.69, 9.17) is 4.74 Å². The highest BCUT2D eigenvalue weighted by atomic mass is 19.4. The molecule has 0 saturated carbocycles. The Bertz CT molecular complexity index is 954. The number of benzene rings is 2. The lowest BCUT2D eigenvalue weighted by Crippen LogP contribution is -2.22. The largest absolute Gasteiger partial charge is 0.494 e. The van der Waals surface area contributed by atoms with E-state index in [-0.39, 0.29) is 18.1 Å². The van der Waals surface area contributed by atoms with Crippen LogP contribution >= 0.6 is 0 Å². The molecule has 0 fully saturated rings. The number of rotatable bonds is 6. The molecule has 0 unspecified atom stereocenters. The number of para-hydroxylation sites is 1. The van der Waals surface area contributed by atoms with Gasteiger partial charge in [0.2, 0.25) is 11.7 Å². The van der Waals surface area contributed by atoms with Crippen molar-refractivity contribution < 1.29 is 22.7 Å². The van der Waals surface area contributed by atoms with Crippen LogP contribution in [-0.2, 0) is 17.5 Å². The molecule has 0 aliphatic heterocycles. The van der Waals surface area contributed by atoms with Crippen molar-refractivity contribution in [3.8, 4) is 17.1 Å². The zero-order chi connectivity index (χ0) is 20.1. The van der Waals surface area contributed by atoms with Crippen molar-refractivity contribution in [2.75, 3.05) is 11.9 Å². The second-order valence-electron chi connectivity index (χ2n) is 5.69. The Morgan fingerprint density at radius 3 is 2.54 bits per heavy atom. The SMILES string of the molecule is CCOc1ccc(-c2nnn(CC(=O)Nc3ccccc3C(F)(F)F)n2)cc1. The molecule has 0 radical (unpaired) electrons. The summed E-state index contributed by atoms with van der Waals surface area (Å²) in [6.07, 6.45) is -4.57. The second-order valence-corrected chi connectivity index (χ2v) is 5.69. The zero-order valence-electron chi connectivity index (χ0n) is 14.8. The lowest BCUT2D eigenvalue weighted by molar-refractivity contribution is -0.137. The van der Waals surface area contributed by atoms with Crippen LogP contribution in [0.25, 0.3) is 11.4 Å². The van der Waals surface area contributed by atoms with Gasteiger partial charge in [-0.05, 0) is 48.5 Å². The van der Waals surface area contributed by atoms with Crippen molar-refractivity contribution >= 4 is 11.6 Å². The minimum atomic E-state index is -4.57. The van der Waals surface area contributed by atoms with E-state index in [0.29, 0.717) is 17.9 Å². The van der Waals surface area contributed by atoms with Gasteiger partial charge in [0.15, 0.2) is 0 Å².